The van der Waals surface area contributed by atoms with Crippen LogP contribution in [0.25, 0.3) is 0 Å². The molecule has 0 saturated carbocycles. The van der Waals surface area contributed by atoms with Crippen LogP contribution >= 0.6 is 11.6 Å². The SMILES string of the molecule is COc1cccc(NC2c3ccccc3CC2Cl)n1. The molecular formula is C15H15ClN2O. The van der Waals surface area contributed by atoms with Crippen molar-refractivity contribution < 1.29 is 4.74 Å². The maximum Gasteiger partial charge on any atom is 0.214 e. The van der Waals surface area contributed by atoms with E-state index in [4.69, 9.17) is 16.3 Å². The summed E-state index contributed by atoms with van der Waals surface area (Å²) in [4.78, 5) is 4.37. The molecule has 19 heavy (non-hydrogen) atoms. The number of anilines is 1. The Morgan fingerprint density at radius 2 is 2.05 bits per heavy atom. The molecule has 0 amide bonds. The van der Waals surface area contributed by atoms with Gasteiger partial charge in [-0.15, -0.1) is 11.6 Å². The number of hydrogen-bond donors (Lipinski definition) is 1. The van der Waals surface area contributed by atoms with Crippen LogP contribution in [0.3, 0.4) is 0 Å². The van der Waals surface area contributed by atoms with Gasteiger partial charge < -0.3 is 10.1 Å². The van der Waals surface area contributed by atoms with Gasteiger partial charge in [0.2, 0.25) is 5.88 Å². The van der Waals surface area contributed by atoms with Crippen LogP contribution in [0.2, 0.25) is 0 Å². The standard InChI is InChI=1S/C15H15ClN2O/c1-19-14-8-4-7-13(17-14)18-15-11-6-3-2-5-10(11)9-12(15)16/h2-8,12,15H,9H2,1H3,(H,17,18). The third-order valence-electron chi connectivity index (χ3n) is 3.40. The minimum absolute atomic E-state index is 0.0467. The summed E-state index contributed by atoms with van der Waals surface area (Å²) in [6.07, 6.45) is 0.888. The zero-order valence-corrected chi connectivity index (χ0v) is 11.4. The highest BCUT2D eigenvalue weighted by Crippen LogP contribution is 2.36. The summed E-state index contributed by atoms with van der Waals surface area (Å²) < 4.78 is 5.13. The Hall–Kier alpha value is -1.74. The predicted molar refractivity (Wildman–Crippen MR) is 76.9 cm³/mol. The molecule has 1 aliphatic carbocycles. The van der Waals surface area contributed by atoms with Gasteiger partial charge in [0, 0.05) is 6.07 Å². The van der Waals surface area contributed by atoms with Gasteiger partial charge >= 0.3 is 0 Å². The summed E-state index contributed by atoms with van der Waals surface area (Å²) in [7, 11) is 1.61. The zero-order valence-electron chi connectivity index (χ0n) is 10.6. The highest BCUT2D eigenvalue weighted by Gasteiger charge is 2.30. The van der Waals surface area contributed by atoms with Gasteiger partial charge in [0.25, 0.3) is 0 Å². The quantitative estimate of drug-likeness (QED) is 0.871. The molecule has 0 spiro atoms. The molecule has 3 rings (SSSR count). The normalized spacial score (nSPS) is 20.9. The van der Waals surface area contributed by atoms with E-state index >= 15 is 0 Å². The van der Waals surface area contributed by atoms with Gasteiger partial charge in [0.1, 0.15) is 5.82 Å². The highest BCUT2D eigenvalue weighted by atomic mass is 35.5. The number of benzene rings is 1. The van der Waals surface area contributed by atoms with Gasteiger partial charge in [-0.2, -0.15) is 4.98 Å². The molecule has 1 heterocycles. The average molecular weight is 275 g/mol. The summed E-state index contributed by atoms with van der Waals surface area (Å²) in [6, 6.07) is 14.1. The molecule has 1 aromatic carbocycles. The lowest BCUT2D eigenvalue weighted by molar-refractivity contribution is 0.398. The Balaban J connectivity index is 1.87. The zero-order chi connectivity index (χ0) is 13.2. The van der Waals surface area contributed by atoms with Gasteiger partial charge in [0.05, 0.1) is 18.5 Å². The molecule has 2 atom stereocenters. The summed E-state index contributed by atoms with van der Waals surface area (Å²) >= 11 is 6.45. The van der Waals surface area contributed by atoms with E-state index in [2.05, 4.69) is 28.5 Å². The second-order valence-corrected chi connectivity index (χ2v) is 5.17. The first-order valence-corrected chi connectivity index (χ1v) is 6.71. The fourth-order valence-electron chi connectivity index (χ4n) is 2.48. The Kier molecular flexibility index (Phi) is 3.30. The van der Waals surface area contributed by atoms with Crippen molar-refractivity contribution in [3.05, 3.63) is 53.6 Å². The number of nitrogens with zero attached hydrogens (tertiary/aromatic N) is 1. The molecule has 1 aromatic heterocycles. The Morgan fingerprint density at radius 1 is 1.21 bits per heavy atom. The Morgan fingerprint density at radius 3 is 2.89 bits per heavy atom. The molecular weight excluding hydrogens is 260 g/mol. The van der Waals surface area contributed by atoms with E-state index in [1.165, 1.54) is 11.1 Å². The number of hydrogen-bond acceptors (Lipinski definition) is 3. The van der Waals surface area contributed by atoms with Crippen molar-refractivity contribution >= 4 is 17.4 Å². The van der Waals surface area contributed by atoms with Crippen molar-refractivity contribution in [3.8, 4) is 5.88 Å². The molecule has 0 saturated heterocycles. The maximum atomic E-state index is 6.45. The molecule has 1 aliphatic rings. The predicted octanol–water partition coefficient (Wildman–Crippen LogP) is 3.41. The number of ether oxygens (including phenoxy) is 1. The lowest BCUT2D eigenvalue weighted by Crippen LogP contribution is -2.17. The molecule has 0 fully saturated rings. The van der Waals surface area contributed by atoms with E-state index in [9.17, 15) is 0 Å². The van der Waals surface area contributed by atoms with Crippen LogP contribution in [0, 0.1) is 0 Å². The van der Waals surface area contributed by atoms with Gasteiger partial charge in [0.15, 0.2) is 0 Å². The molecule has 98 valence electrons. The lowest BCUT2D eigenvalue weighted by atomic mass is 10.1. The number of fused-ring (bicyclic) bond motifs is 1. The lowest BCUT2D eigenvalue weighted by Gasteiger charge is -2.18. The van der Waals surface area contributed by atoms with E-state index < -0.39 is 0 Å². The van der Waals surface area contributed by atoms with Gasteiger partial charge in [-0.05, 0) is 23.6 Å². The molecule has 0 radical (unpaired) electrons. The van der Waals surface area contributed by atoms with Gasteiger partial charge in [-0.1, -0.05) is 30.3 Å². The monoisotopic (exact) mass is 274 g/mol. The molecule has 3 nitrogen and oxygen atoms in total. The second kappa shape index (κ2) is 5.10. The van der Waals surface area contributed by atoms with Crippen molar-refractivity contribution in [2.75, 3.05) is 12.4 Å². The minimum atomic E-state index is 0.0467. The fraction of sp³-hybridized carbons (Fsp3) is 0.267. The minimum Gasteiger partial charge on any atom is -0.481 e. The number of halogens is 1. The summed E-state index contributed by atoms with van der Waals surface area (Å²) in [5.74, 6) is 1.38. The molecule has 0 bridgehead atoms. The number of methoxy groups -OCH3 is 1. The summed E-state index contributed by atoms with van der Waals surface area (Å²) in [6.45, 7) is 0. The smallest absolute Gasteiger partial charge is 0.214 e. The van der Waals surface area contributed by atoms with Crippen LogP contribution < -0.4 is 10.1 Å². The van der Waals surface area contributed by atoms with Crippen molar-refractivity contribution in [1.82, 2.24) is 4.98 Å². The van der Waals surface area contributed by atoms with E-state index in [0.29, 0.717) is 5.88 Å². The second-order valence-electron chi connectivity index (χ2n) is 4.61. The Labute approximate surface area is 117 Å². The summed E-state index contributed by atoms with van der Waals surface area (Å²) in [5, 5.41) is 3.45. The highest BCUT2D eigenvalue weighted by molar-refractivity contribution is 6.21. The first kappa shape index (κ1) is 12.3. The van der Waals surface area contributed by atoms with Crippen LogP contribution in [0.5, 0.6) is 5.88 Å². The van der Waals surface area contributed by atoms with E-state index in [0.717, 1.165) is 12.2 Å². The van der Waals surface area contributed by atoms with Crippen molar-refractivity contribution in [2.24, 2.45) is 0 Å². The fourth-order valence-corrected chi connectivity index (χ4v) is 2.85. The van der Waals surface area contributed by atoms with Crippen LogP contribution in [0.4, 0.5) is 5.82 Å². The molecule has 2 aromatic rings. The molecule has 1 N–H and O–H groups in total. The van der Waals surface area contributed by atoms with Crippen LogP contribution in [0.15, 0.2) is 42.5 Å². The number of alkyl halides is 1. The first-order valence-electron chi connectivity index (χ1n) is 6.27. The number of pyridine rings is 1. The third kappa shape index (κ3) is 2.38. The number of nitrogens with one attached hydrogen (secondary N) is 1. The van der Waals surface area contributed by atoms with Crippen LogP contribution in [-0.2, 0) is 6.42 Å². The van der Waals surface area contributed by atoms with Crippen LogP contribution in [0.1, 0.15) is 17.2 Å². The van der Waals surface area contributed by atoms with Crippen LogP contribution in [-0.4, -0.2) is 17.5 Å². The summed E-state index contributed by atoms with van der Waals surface area (Å²) in [5.41, 5.74) is 2.56. The van der Waals surface area contributed by atoms with Crippen molar-refractivity contribution in [2.45, 2.75) is 17.8 Å². The van der Waals surface area contributed by atoms with E-state index in [1.54, 1.807) is 7.11 Å². The van der Waals surface area contributed by atoms with Crippen molar-refractivity contribution in [1.29, 1.82) is 0 Å². The Bertz CT molecular complexity index is 588. The van der Waals surface area contributed by atoms with Gasteiger partial charge in [-0.3, -0.25) is 0 Å². The first-order chi connectivity index (χ1) is 9.28. The van der Waals surface area contributed by atoms with Crippen molar-refractivity contribution in [3.63, 3.8) is 0 Å². The largest absolute Gasteiger partial charge is 0.481 e. The molecule has 0 aliphatic heterocycles. The van der Waals surface area contributed by atoms with E-state index in [1.807, 2.05) is 24.3 Å². The topological polar surface area (TPSA) is 34.1 Å². The third-order valence-corrected chi connectivity index (χ3v) is 3.81. The number of aromatic nitrogens is 1. The van der Waals surface area contributed by atoms with Gasteiger partial charge in [-0.25, -0.2) is 0 Å². The average Bonchev–Trinajstić information content (AvgIpc) is 2.76. The maximum absolute atomic E-state index is 6.45. The molecule has 4 heteroatoms. The van der Waals surface area contributed by atoms with E-state index in [-0.39, 0.29) is 11.4 Å². The molecule has 2 unspecified atom stereocenters. The number of rotatable bonds is 3.